The van der Waals surface area contributed by atoms with Gasteiger partial charge in [-0.1, -0.05) is 23.9 Å². The van der Waals surface area contributed by atoms with E-state index in [0.29, 0.717) is 23.1 Å². The third-order valence-corrected chi connectivity index (χ3v) is 4.93. The highest BCUT2D eigenvalue weighted by Crippen LogP contribution is 2.33. The summed E-state index contributed by atoms with van der Waals surface area (Å²) in [5, 5.41) is 2.68. The number of alkyl halides is 1. The number of benzene rings is 2. The molecule has 2 aromatic rings. The van der Waals surface area contributed by atoms with Crippen LogP contribution in [0.3, 0.4) is 0 Å². The molecular weight excluding hydrogens is 402 g/mol. The summed E-state index contributed by atoms with van der Waals surface area (Å²) in [5.41, 5.74) is 0.609. The molecule has 1 amide bonds. The van der Waals surface area contributed by atoms with Gasteiger partial charge in [0.25, 0.3) is 0 Å². The summed E-state index contributed by atoms with van der Waals surface area (Å²) >= 11 is 10.5. The predicted molar refractivity (Wildman–Crippen MR) is 97.8 cm³/mol. The van der Waals surface area contributed by atoms with E-state index in [1.807, 2.05) is 24.3 Å². The molecule has 0 aliphatic carbocycles. The number of hydrogen-bond acceptors (Lipinski definition) is 4. The molecule has 7 heteroatoms. The van der Waals surface area contributed by atoms with Crippen molar-refractivity contribution >= 4 is 50.9 Å². The quantitative estimate of drug-likeness (QED) is 0.401. The number of halogens is 2. The van der Waals surface area contributed by atoms with Crippen LogP contribution in [0.5, 0.6) is 11.5 Å². The number of ether oxygens (including phenoxy) is 2. The fraction of sp³-hybridized carbons (Fsp3) is 0.188. The molecule has 0 saturated heterocycles. The van der Waals surface area contributed by atoms with Crippen molar-refractivity contribution in [3.8, 4) is 11.5 Å². The van der Waals surface area contributed by atoms with E-state index in [-0.39, 0.29) is 11.8 Å². The highest BCUT2D eigenvalue weighted by atomic mass is 79.9. The number of methoxy groups -OCH3 is 1. The first-order valence-electron chi connectivity index (χ1n) is 6.68. The minimum absolute atomic E-state index is 0.0971. The van der Waals surface area contributed by atoms with E-state index in [9.17, 15) is 4.79 Å². The molecule has 122 valence electrons. The van der Waals surface area contributed by atoms with Gasteiger partial charge < -0.3 is 14.8 Å². The van der Waals surface area contributed by atoms with Crippen LogP contribution in [-0.4, -0.2) is 24.8 Å². The van der Waals surface area contributed by atoms with Crippen molar-refractivity contribution in [3.05, 3.63) is 46.9 Å². The van der Waals surface area contributed by atoms with Crippen LogP contribution < -0.4 is 14.8 Å². The van der Waals surface area contributed by atoms with Gasteiger partial charge in [0.05, 0.1) is 7.11 Å². The lowest BCUT2D eigenvalue weighted by Crippen LogP contribution is -2.12. The first-order chi connectivity index (χ1) is 11.1. The maximum Gasteiger partial charge on any atom is 0.239 e. The SMILES string of the molecule is COc1ccc(NC(=O)CCl)cc1OCSc1ccccc1Br. The lowest BCUT2D eigenvalue weighted by molar-refractivity contribution is -0.113. The first-order valence-corrected chi connectivity index (χ1v) is 8.99. The Labute approximate surface area is 152 Å². The van der Waals surface area contributed by atoms with Crippen molar-refractivity contribution in [2.75, 3.05) is 24.2 Å². The molecular formula is C16H15BrClNO3S. The molecule has 0 radical (unpaired) electrons. The molecule has 0 fully saturated rings. The number of nitrogens with one attached hydrogen (secondary N) is 1. The molecule has 0 saturated carbocycles. The molecule has 0 unspecified atom stereocenters. The van der Waals surface area contributed by atoms with Crippen LogP contribution in [0.1, 0.15) is 0 Å². The van der Waals surface area contributed by atoms with Gasteiger partial charge in [0, 0.05) is 21.1 Å². The Kier molecular flexibility index (Phi) is 7.08. The van der Waals surface area contributed by atoms with Crippen LogP contribution in [-0.2, 0) is 4.79 Å². The van der Waals surface area contributed by atoms with Crippen molar-refractivity contribution in [2.45, 2.75) is 4.90 Å². The Balaban J connectivity index is 2.04. The molecule has 0 heterocycles. The molecule has 0 aliphatic heterocycles. The van der Waals surface area contributed by atoms with Crippen molar-refractivity contribution in [1.82, 2.24) is 0 Å². The lowest BCUT2D eigenvalue weighted by atomic mass is 10.2. The van der Waals surface area contributed by atoms with Gasteiger partial charge in [-0.05, 0) is 40.2 Å². The third-order valence-electron chi connectivity index (χ3n) is 2.83. The zero-order valence-electron chi connectivity index (χ0n) is 12.3. The Morgan fingerprint density at radius 3 is 2.74 bits per heavy atom. The van der Waals surface area contributed by atoms with Crippen molar-refractivity contribution in [2.24, 2.45) is 0 Å². The largest absolute Gasteiger partial charge is 0.493 e. The summed E-state index contributed by atoms with van der Waals surface area (Å²) < 4.78 is 12.1. The van der Waals surface area contributed by atoms with Gasteiger partial charge in [-0.2, -0.15) is 0 Å². The van der Waals surface area contributed by atoms with Crippen LogP contribution in [0, 0.1) is 0 Å². The first kappa shape index (κ1) is 18.0. The summed E-state index contributed by atoms with van der Waals surface area (Å²) in [6.07, 6.45) is 0. The molecule has 23 heavy (non-hydrogen) atoms. The lowest BCUT2D eigenvalue weighted by Gasteiger charge is -2.13. The van der Waals surface area contributed by atoms with Gasteiger partial charge in [0.1, 0.15) is 11.8 Å². The monoisotopic (exact) mass is 415 g/mol. The van der Waals surface area contributed by atoms with E-state index >= 15 is 0 Å². The fourth-order valence-corrected chi connectivity index (χ4v) is 3.17. The van der Waals surface area contributed by atoms with Gasteiger partial charge >= 0.3 is 0 Å². The summed E-state index contributed by atoms with van der Waals surface area (Å²) in [7, 11) is 1.57. The van der Waals surface area contributed by atoms with E-state index < -0.39 is 0 Å². The van der Waals surface area contributed by atoms with E-state index in [2.05, 4.69) is 21.2 Å². The number of carbonyl (C=O) groups excluding carboxylic acids is 1. The van der Waals surface area contributed by atoms with Crippen molar-refractivity contribution < 1.29 is 14.3 Å². The molecule has 0 spiro atoms. The standard InChI is InChI=1S/C16H15BrClNO3S/c1-21-13-7-6-11(19-16(20)9-18)8-14(13)22-10-23-15-5-3-2-4-12(15)17/h2-8H,9-10H2,1H3,(H,19,20). The summed E-state index contributed by atoms with van der Waals surface area (Å²) in [4.78, 5) is 12.4. The van der Waals surface area contributed by atoms with Crippen molar-refractivity contribution in [3.63, 3.8) is 0 Å². The van der Waals surface area contributed by atoms with Crippen LogP contribution in [0.15, 0.2) is 51.8 Å². The zero-order chi connectivity index (χ0) is 16.7. The second kappa shape index (κ2) is 9.05. The number of anilines is 1. The maximum absolute atomic E-state index is 11.4. The summed E-state index contributed by atoms with van der Waals surface area (Å²) in [5.74, 6) is 1.19. The van der Waals surface area contributed by atoms with E-state index in [1.165, 1.54) is 0 Å². The van der Waals surface area contributed by atoms with Gasteiger partial charge in [-0.25, -0.2) is 0 Å². The zero-order valence-corrected chi connectivity index (χ0v) is 15.5. The molecule has 4 nitrogen and oxygen atoms in total. The highest BCUT2D eigenvalue weighted by Gasteiger charge is 2.08. The van der Waals surface area contributed by atoms with Crippen molar-refractivity contribution in [1.29, 1.82) is 0 Å². The second-order valence-electron chi connectivity index (χ2n) is 4.38. The maximum atomic E-state index is 11.4. The second-order valence-corrected chi connectivity index (χ2v) is 6.47. The topological polar surface area (TPSA) is 47.6 Å². The summed E-state index contributed by atoms with van der Waals surface area (Å²) in [6.45, 7) is 0. The Hall–Kier alpha value is -1.37. The normalized spacial score (nSPS) is 10.2. The molecule has 0 bridgehead atoms. The Morgan fingerprint density at radius 2 is 2.04 bits per heavy atom. The predicted octanol–water partition coefficient (Wildman–Crippen LogP) is 4.76. The van der Waals surface area contributed by atoms with Crippen LogP contribution in [0.2, 0.25) is 0 Å². The smallest absolute Gasteiger partial charge is 0.239 e. The molecule has 0 aromatic heterocycles. The number of hydrogen-bond donors (Lipinski definition) is 1. The van der Waals surface area contributed by atoms with E-state index in [1.54, 1.807) is 37.1 Å². The van der Waals surface area contributed by atoms with E-state index in [0.717, 1.165) is 9.37 Å². The van der Waals surface area contributed by atoms with Gasteiger partial charge in [-0.15, -0.1) is 11.6 Å². The van der Waals surface area contributed by atoms with Crippen LogP contribution in [0.25, 0.3) is 0 Å². The Bertz CT molecular complexity index is 684. The number of thioether (sulfide) groups is 1. The van der Waals surface area contributed by atoms with Gasteiger partial charge in [-0.3, -0.25) is 4.79 Å². The van der Waals surface area contributed by atoms with Gasteiger partial charge in [0.15, 0.2) is 11.5 Å². The molecule has 0 aliphatic rings. The third kappa shape index (κ3) is 5.34. The van der Waals surface area contributed by atoms with Gasteiger partial charge in [0.2, 0.25) is 5.91 Å². The molecule has 2 aromatic carbocycles. The van der Waals surface area contributed by atoms with Crippen LogP contribution in [0.4, 0.5) is 5.69 Å². The Morgan fingerprint density at radius 1 is 1.26 bits per heavy atom. The minimum atomic E-state index is -0.273. The number of amides is 1. The number of carbonyl (C=O) groups is 1. The highest BCUT2D eigenvalue weighted by molar-refractivity contribution is 9.10. The average Bonchev–Trinajstić information content (AvgIpc) is 2.57. The molecule has 1 N–H and O–H groups in total. The van der Waals surface area contributed by atoms with E-state index in [4.69, 9.17) is 21.1 Å². The summed E-state index contributed by atoms with van der Waals surface area (Å²) in [6, 6.07) is 13.1. The average molecular weight is 417 g/mol. The minimum Gasteiger partial charge on any atom is -0.493 e. The number of rotatable bonds is 7. The van der Waals surface area contributed by atoms with Crippen LogP contribution >= 0.6 is 39.3 Å². The fourth-order valence-electron chi connectivity index (χ4n) is 1.78. The molecule has 0 atom stereocenters. The molecule has 2 rings (SSSR count).